The number of hydrogen-bond acceptors (Lipinski definition) is 2. The van der Waals surface area contributed by atoms with E-state index in [2.05, 4.69) is 15.3 Å². The number of imidazole rings is 1. The molecule has 2 N–H and O–H groups in total. The van der Waals surface area contributed by atoms with Crippen molar-refractivity contribution in [2.24, 2.45) is 5.41 Å². The molecule has 1 aliphatic rings. The number of nitrogens with one attached hydrogen (secondary N) is 2. The Morgan fingerprint density at radius 2 is 1.83 bits per heavy atom. The van der Waals surface area contributed by atoms with Crippen molar-refractivity contribution in [3.8, 4) is 0 Å². The summed E-state index contributed by atoms with van der Waals surface area (Å²) in [5.41, 5.74) is 0.869. The molecule has 9 heteroatoms. The molecule has 2 unspecified atom stereocenters. The van der Waals surface area contributed by atoms with Gasteiger partial charge in [-0.3, -0.25) is 4.79 Å². The fourth-order valence-electron chi connectivity index (χ4n) is 3.28. The van der Waals surface area contributed by atoms with E-state index in [1.807, 2.05) is 30.3 Å². The SMILES string of the molecule is CC1(C(=O)NC(c2ccccc2)c2ccc3nc(C(F)(F)F)[nH]c3c2)CC1(Cl)Cl. The molecule has 1 aliphatic carbocycles. The predicted molar refractivity (Wildman–Crippen MR) is 105 cm³/mol. The molecule has 4 nitrogen and oxygen atoms in total. The highest BCUT2D eigenvalue weighted by Gasteiger charge is 2.68. The van der Waals surface area contributed by atoms with Gasteiger partial charge in [0.25, 0.3) is 0 Å². The van der Waals surface area contributed by atoms with Gasteiger partial charge < -0.3 is 10.3 Å². The van der Waals surface area contributed by atoms with E-state index in [0.717, 1.165) is 5.56 Å². The Morgan fingerprint density at radius 1 is 1.17 bits per heavy atom. The van der Waals surface area contributed by atoms with E-state index in [-0.39, 0.29) is 16.9 Å². The third-order valence-electron chi connectivity index (χ3n) is 5.28. The van der Waals surface area contributed by atoms with Gasteiger partial charge in [0.15, 0.2) is 0 Å². The van der Waals surface area contributed by atoms with Gasteiger partial charge in [-0.25, -0.2) is 4.98 Å². The van der Waals surface area contributed by atoms with E-state index in [1.54, 1.807) is 19.1 Å². The van der Waals surface area contributed by atoms with Crippen LogP contribution in [0.2, 0.25) is 0 Å². The monoisotopic (exact) mass is 441 g/mol. The van der Waals surface area contributed by atoms with Crippen LogP contribution >= 0.6 is 23.2 Å². The van der Waals surface area contributed by atoms with E-state index in [1.165, 1.54) is 6.07 Å². The van der Waals surface area contributed by atoms with Gasteiger partial charge in [0, 0.05) is 0 Å². The Bertz CT molecular complexity index is 1080. The minimum Gasteiger partial charge on any atom is -0.345 e. The second-order valence-electron chi connectivity index (χ2n) is 7.39. The zero-order chi connectivity index (χ0) is 21.0. The average Bonchev–Trinajstić information content (AvgIpc) is 3.01. The fourth-order valence-corrected chi connectivity index (χ4v) is 3.99. The average molecular weight is 442 g/mol. The number of H-pyrrole nitrogens is 1. The molecular weight excluding hydrogens is 426 g/mol. The Kier molecular flexibility index (Phi) is 4.59. The lowest BCUT2D eigenvalue weighted by Gasteiger charge is -2.23. The lowest BCUT2D eigenvalue weighted by molar-refractivity contribution is -0.144. The van der Waals surface area contributed by atoms with Gasteiger partial charge in [0.1, 0.15) is 4.33 Å². The lowest BCUT2D eigenvalue weighted by atomic mass is 9.97. The number of alkyl halides is 5. The second kappa shape index (κ2) is 6.64. The highest BCUT2D eigenvalue weighted by molar-refractivity contribution is 6.53. The summed E-state index contributed by atoms with van der Waals surface area (Å²) in [6.07, 6.45) is -4.25. The third kappa shape index (κ3) is 3.57. The molecule has 29 heavy (non-hydrogen) atoms. The van der Waals surface area contributed by atoms with E-state index < -0.39 is 27.8 Å². The molecule has 0 saturated heterocycles. The molecule has 2 aromatic carbocycles. The molecule has 1 heterocycles. The van der Waals surface area contributed by atoms with Crippen molar-refractivity contribution >= 4 is 40.1 Å². The van der Waals surface area contributed by atoms with Crippen LogP contribution in [0.4, 0.5) is 13.2 Å². The van der Waals surface area contributed by atoms with Crippen molar-refractivity contribution in [2.45, 2.75) is 29.9 Å². The standard InChI is InChI=1S/C20H16Cl2F3N3O/c1-18(10-19(18,21)22)17(29)28-15(11-5-3-2-4-6-11)12-7-8-13-14(9-12)27-16(26-13)20(23,24)25/h2-9,15H,10H2,1H3,(H,26,27)(H,28,29). The molecule has 3 aromatic rings. The summed E-state index contributed by atoms with van der Waals surface area (Å²) in [5.74, 6) is -1.39. The Labute approximate surface area is 174 Å². The van der Waals surface area contributed by atoms with Gasteiger partial charge in [0.05, 0.1) is 22.5 Å². The molecule has 0 aliphatic heterocycles. The summed E-state index contributed by atoms with van der Waals surface area (Å²) < 4.78 is 37.7. The third-order valence-corrected chi connectivity index (χ3v) is 6.38. The molecule has 0 spiro atoms. The van der Waals surface area contributed by atoms with E-state index in [0.29, 0.717) is 12.0 Å². The van der Waals surface area contributed by atoms with Crippen molar-refractivity contribution in [1.82, 2.24) is 15.3 Å². The van der Waals surface area contributed by atoms with Crippen LogP contribution in [0.3, 0.4) is 0 Å². The number of halogens is 5. The van der Waals surface area contributed by atoms with Crippen molar-refractivity contribution in [3.63, 3.8) is 0 Å². The van der Waals surface area contributed by atoms with Crippen molar-refractivity contribution in [2.75, 3.05) is 0 Å². The number of carbonyl (C=O) groups is 1. The number of aromatic amines is 1. The van der Waals surface area contributed by atoms with Crippen LogP contribution in [0.5, 0.6) is 0 Å². The van der Waals surface area contributed by atoms with Crippen molar-refractivity contribution in [1.29, 1.82) is 0 Å². The first-order valence-electron chi connectivity index (χ1n) is 8.82. The van der Waals surface area contributed by atoms with Crippen LogP contribution in [-0.2, 0) is 11.0 Å². The van der Waals surface area contributed by atoms with Crippen LogP contribution in [0, 0.1) is 5.41 Å². The van der Waals surface area contributed by atoms with Crippen molar-refractivity contribution < 1.29 is 18.0 Å². The second-order valence-corrected chi connectivity index (χ2v) is 8.87. The van der Waals surface area contributed by atoms with Crippen LogP contribution in [0.1, 0.15) is 36.3 Å². The molecule has 0 radical (unpaired) electrons. The van der Waals surface area contributed by atoms with Crippen molar-refractivity contribution in [3.05, 3.63) is 65.5 Å². The van der Waals surface area contributed by atoms with Gasteiger partial charge in [0.2, 0.25) is 11.7 Å². The quantitative estimate of drug-likeness (QED) is 0.534. The number of hydrogen-bond donors (Lipinski definition) is 2. The molecule has 152 valence electrons. The maximum absolute atomic E-state index is 13.0. The molecule has 0 bridgehead atoms. The maximum atomic E-state index is 13.0. The maximum Gasteiger partial charge on any atom is 0.449 e. The van der Waals surface area contributed by atoms with Gasteiger partial charge in [-0.15, -0.1) is 23.2 Å². The van der Waals surface area contributed by atoms with Crippen LogP contribution < -0.4 is 5.32 Å². The number of carbonyl (C=O) groups excluding carboxylic acids is 1. The Hall–Kier alpha value is -2.25. The number of nitrogens with zero attached hydrogens (tertiary/aromatic N) is 1. The minimum atomic E-state index is -4.57. The molecular formula is C20H16Cl2F3N3O. The van der Waals surface area contributed by atoms with Gasteiger partial charge in [-0.1, -0.05) is 36.4 Å². The van der Waals surface area contributed by atoms with E-state index in [4.69, 9.17) is 23.2 Å². The highest BCUT2D eigenvalue weighted by Crippen LogP contribution is 2.64. The zero-order valence-corrected chi connectivity index (χ0v) is 16.7. The van der Waals surface area contributed by atoms with E-state index in [9.17, 15) is 18.0 Å². The molecule has 4 rings (SSSR count). The summed E-state index contributed by atoms with van der Waals surface area (Å²) in [4.78, 5) is 18.7. The molecule has 1 saturated carbocycles. The van der Waals surface area contributed by atoms with Gasteiger partial charge in [-0.2, -0.15) is 13.2 Å². The first kappa shape index (κ1) is 20.0. The Morgan fingerprint density at radius 3 is 2.41 bits per heavy atom. The summed E-state index contributed by atoms with van der Waals surface area (Å²) >= 11 is 12.3. The fraction of sp³-hybridized carbons (Fsp3) is 0.300. The minimum absolute atomic E-state index is 0.189. The van der Waals surface area contributed by atoms with Crippen LogP contribution in [0.15, 0.2) is 48.5 Å². The van der Waals surface area contributed by atoms with Gasteiger partial charge >= 0.3 is 6.18 Å². The topological polar surface area (TPSA) is 57.8 Å². The zero-order valence-electron chi connectivity index (χ0n) is 15.1. The summed E-state index contributed by atoms with van der Waals surface area (Å²) in [6.45, 7) is 1.68. The number of rotatable bonds is 4. The molecule has 1 fully saturated rings. The number of benzene rings is 2. The summed E-state index contributed by atoms with van der Waals surface area (Å²) in [5, 5.41) is 2.95. The lowest BCUT2D eigenvalue weighted by Crippen LogP contribution is -2.36. The van der Waals surface area contributed by atoms with Gasteiger partial charge in [-0.05, 0) is 36.6 Å². The predicted octanol–water partition coefficient (Wildman–Crippen LogP) is 5.37. The molecule has 2 atom stereocenters. The molecule has 1 amide bonds. The first-order chi connectivity index (χ1) is 13.5. The summed E-state index contributed by atoms with van der Waals surface area (Å²) in [6, 6.07) is 13.2. The van der Waals surface area contributed by atoms with E-state index >= 15 is 0 Å². The van der Waals surface area contributed by atoms with Crippen LogP contribution in [-0.4, -0.2) is 20.2 Å². The molecule has 1 aromatic heterocycles. The highest BCUT2D eigenvalue weighted by atomic mass is 35.5. The summed E-state index contributed by atoms with van der Waals surface area (Å²) in [7, 11) is 0. The first-order valence-corrected chi connectivity index (χ1v) is 9.57. The smallest absolute Gasteiger partial charge is 0.345 e. The Balaban J connectivity index is 1.72. The largest absolute Gasteiger partial charge is 0.449 e. The number of aromatic nitrogens is 2. The number of fused-ring (bicyclic) bond motifs is 1. The number of amides is 1. The normalized spacial score (nSPS) is 21.7. The van der Waals surface area contributed by atoms with Crippen LogP contribution in [0.25, 0.3) is 11.0 Å².